The maximum absolute atomic E-state index is 14.2. The number of alkyl halides is 4. The number of allylic oxidation sites excluding steroid dienone is 1. The van der Waals surface area contributed by atoms with E-state index in [0.29, 0.717) is 24.8 Å². The van der Waals surface area contributed by atoms with Gasteiger partial charge in [-0.05, 0) is 37.3 Å². The predicted octanol–water partition coefficient (Wildman–Crippen LogP) is 5.55. The number of rotatable bonds is 8. The molecule has 2 unspecified atom stereocenters. The Morgan fingerprint density at radius 2 is 2.08 bits per heavy atom. The van der Waals surface area contributed by atoms with E-state index in [0.717, 1.165) is 25.0 Å². The lowest BCUT2D eigenvalue weighted by Crippen LogP contribution is -2.44. The van der Waals surface area contributed by atoms with Crippen molar-refractivity contribution in [3.8, 4) is 11.5 Å². The van der Waals surface area contributed by atoms with Crippen molar-refractivity contribution in [1.29, 1.82) is 0 Å². The van der Waals surface area contributed by atoms with Gasteiger partial charge < -0.3 is 14.2 Å². The van der Waals surface area contributed by atoms with Crippen LogP contribution in [0.15, 0.2) is 30.5 Å². The molecule has 1 aliphatic heterocycles. The maximum Gasteiger partial charge on any atom is 0.424 e. The Kier molecular flexibility index (Phi) is 7.25. The van der Waals surface area contributed by atoms with Crippen molar-refractivity contribution in [2.24, 2.45) is 5.92 Å². The normalized spacial score (nSPS) is 21.3. The zero-order chi connectivity index (χ0) is 19.2. The van der Waals surface area contributed by atoms with Crippen molar-refractivity contribution in [1.82, 2.24) is 0 Å². The molecule has 3 nitrogen and oxygen atoms in total. The Morgan fingerprint density at radius 3 is 2.65 bits per heavy atom. The molecule has 1 aromatic carbocycles. The molecule has 1 fully saturated rings. The third-order valence-electron chi connectivity index (χ3n) is 4.02. The van der Waals surface area contributed by atoms with Gasteiger partial charge in [-0.2, -0.15) is 8.78 Å². The second kappa shape index (κ2) is 9.21. The van der Waals surface area contributed by atoms with Crippen LogP contribution in [-0.2, 0) is 4.74 Å². The summed E-state index contributed by atoms with van der Waals surface area (Å²) in [6, 6.07) is 2.81. The van der Waals surface area contributed by atoms with Crippen molar-refractivity contribution < 1.29 is 36.2 Å². The quantitative estimate of drug-likeness (QED) is 0.437. The van der Waals surface area contributed by atoms with Crippen LogP contribution in [0.2, 0.25) is 0 Å². The Morgan fingerprint density at radius 1 is 1.31 bits per heavy atom. The highest BCUT2D eigenvalue weighted by Crippen LogP contribution is 2.35. The first kappa shape index (κ1) is 20.5. The summed E-state index contributed by atoms with van der Waals surface area (Å²) in [5.74, 6) is -1.53. The van der Waals surface area contributed by atoms with Crippen molar-refractivity contribution in [2.75, 3.05) is 6.61 Å². The standard InChI is InChI=1S/C18H21F5O3/c1-2-3-12-4-7-16(25-11-12)18(22,23)26-13-5-6-15(14(19)10-13)24-9-8-17(20)21/h5-6,8-10,12,16-17H,2-4,7,11H2,1H3/b9-8+. The minimum atomic E-state index is -3.61. The van der Waals surface area contributed by atoms with E-state index in [1.54, 1.807) is 0 Å². The first-order chi connectivity index (χ1) is 12.3. The molecule has 0 amide bonds. The predicted molar refractivity (Wildman–Crippen MR) is 85.1 cm³/mol. The van der Waals surface area contributed by atoms with Gasteiger partial charge in [0.1, 0.15) is 5.75 Å². The van der Waals surface area contributed by atoms with Gasteiger partial charge in [0.2, 0.25) is 0 Å². The summed E-state index contributed by atoms with van der Waals surface area (Å²) in [6.07, 6.45) is -4.05. The lowest BCUT2D eigenvalue weighted by atomic mass is 9.94. The summed E-state index contributed by atoms with van der Waals surface area (Å²) in [5.41, 5.74) is 0. The third kappa shape index (κ3) is 5.86. The molecule has 0 bridgehead atoms. The molecule has 146 valence electrons. The minimum Gasteiger partial charge on any atom is -0.462 e. The van der Waals surface area contributed by atoms with Crippen LogP contribution in [0.1, 0.15) is 32.6 Å². The van der Waals surface area contributed by atoms with Crippen molar-refractivity contribution in [3.05, 3.63) is 36.4 Å². The van der Waals surface area contributed by atoms with Gasteiger partial charge in [0.05, 0.1) is 12.9 Å². The molecule has 2 atom stereocenters. The lowest BCUT2D eigenvalue weighted by molar-refractivity contribution is -0.265. The van der Waals surface area contributed by atoms with E-state index in [-0.39, 0.29) is 24.7 Å². The summed E-state index contributed by atoms with van der Waals surface area (Å²) in [7, 11) is 0. The number of halogens is 5. The van der Waals surface area contributed by atoms with E-state index in [9.17, 15) is 22.0 Å². The molecule has 0 aromatic heterocycles. The van der Waals surface area contributed by atoms with Crippen LogP contribution in [-0.4, -0.2) is 25.2 Å². The third-order valence-corrected chi connectivity index (χ3v) is 4.02. The van der Waals surface area contributed by atoms with E-state index in [4.69, 9.17) is 4.74 Å². The first-order valence-electron chi connectivity index (χ1n) is 8.41. The summed E-state index contributed by atoms with van der Waals surface area (Å²) in [6.45, 7) is 2.27. The highest BCUT2D eigenvalue weighted by molar-refractivity contribution is 5.33. The maximum atomic E-state index is 14.2. The summed E-state index contributed by atoms with van der Waals surface area (Å²) < 4.78 is 80.8. The molecule has 1 aliphatic rings. The van der Waals surface area contributed by atoms with E-state index >= 15 is 0 Å². The Bertz CT molecular complexity index is 598. The molecule has 0 saturated carbocycles. The molecule has 2 rings (SSSR count). The minimum absolute atomic E-state index is 0.153. The fraction of sp³-hybridized carbons (Fsp3) is 0.556. The Hall–Kier alpha value is -1.83. The average molecular weight is 380 g/mol. The van der Waals surface area contributed by atoms with Crippen LogP contribution >= 0.6 is 0 Å². The van der Waals surface area contributed by atoms with Gasteiger partial charge in [-0.3, -0.25) is 0 Å². The molecule has 8 heteroatoms. The molecular weight excluding hydrogens is 359 g/mol. The van der Waals surface area contributed by atoms with Crippen LogP contribution < -0.4 is 9.47 Å². The van der Waals surface area contributed by atoms with E-state index in [1.807, 2.05) is 6.92 Å². The monoisotopic (exact) mass is 380 g/mol. The van der Waals surface area contributed by atoms with Gasteiger partial charge in [0.15, 0.2) is 17.7 Å². The van der Waals surface area contributed by atoms with E-state index in [1.165, 1.54) is 0 Å². The fourth-order valence-corrected chi connectivity index (χ4v) is 2.74. The molecule has 26 heavy (non-hydrogen) atoms. The lowest BCUT2D eigenvalue weighted by Gasteiger charge is -2.33. The summed E-state index contributed by atoms with van der Waals surface area (Å²) >= 11 is 0. The first-order valence-corrected chi connectivity index (χ1v) is 8.41. The Balaban J connectivity index is 1.95. The number of hydrogen-bond donors (Lipinski definition) is 0. The number of benzene rings is 1. The molecule has 0 aliphatic carbocycles. The zero-order valence-electron chi connectivity index (χ0n) is 14.3. The average Bonchev–Trinajstić information content (AvgIpc) is 2.57. The number of hydrogen-bond acceptors (Lipinski definition) is 3. The molecule has 1 aromatic rings. The van der Waals surface area contributed by atoms with Gasteiger partial charge in [-0.1, -0.05) is 13.3 Å². The van der Waals surface area contributed by atoms with Gasteiger partial charge in [0, 0.05) is 12.1 Å². The van der Waals surface area contributed by atoms with E-state index in [2.05, 4.69) is 9.47 Å². The van der Waals surface area contributed by atoms with Crippen molar-refractivity contribution in [3.63, 3.8) is 0 Å². The van der Waals surface area contributed by atoms with Crippen LogP contribution in [0.4, 0.5) is 22.0 Å². The van der Waals surface area contributed by atoms with Crippen LogP contribution in [0, 0.1) is 11.7 Å². The van der Waals surface area contributed by atoms with Crippen LogP contribution in [0.25, 0.3) is 0 Å². The fourth-order valence-electron chi connectivity index (χ4n) is 2.74. The topological polar surface area (TPSA) is 27.7 Å². The zero-order valence-corrected chi connectivity index (χ0v) is 14.3. The molecule has 0 spiro atoms. The molecule has 0 radical (unpaired) electrons. The summed E-state index contributed by atoms with van der Waals surface area (Å²) in [5, 5.41) is 0. The molecule has 0 N–H and O–H groups in total. The molecule has 1 saturated heterocycles. The smallest absolute Gasteiger partial charge is 0.424 e. The van der Waals surface area contributed by atoms with Gasteiger partial charge in [-0.25, -0.2) is 13.2 Å². The van der Waals surface area contributed by atoms with Gasteiger partial charge in [-0.15, -0.1) is 0 Å². The van der Waals surface area contributed by atoms with Crippen LogP contribution in [0.5, 0.6) is 11.5 Å². The Labute approximate surface area is 148 Å². The highest BCUT2D eigenvalue weighted by atomic mass is 19.3. The highest BCUT2D eigenvalue weighted by Gasteiger charge is 2.45. The van der Waals surface area contributed by atoms with Crippen LogP contribution in [0.3, 0.4) is 0 Å². The molecule has 1 heterocycles. The second-order valence-corrected chi connectivity index (χ2v) is 6.09. The molecular formula is C18H21F5O3. The van der Waals surface area contributed by atoms with Crippen molar-refractivity contribution in [2.45, 2.75) is 51.2 Å². The van der Waals surface area contributed by atoms with Gasteiger partial charge in [0.25, 0.3) is 6.43 Å². The largest absolute Gasteiger partial charge is 0.462 e. The SMILES string of the molecule is CCCC1CCC(C(F)(F)Oc2ccc(O/C=C/C(F)F)c(F)c2)OC1. The van der Waals surface area contributed by atoms with Crippen molar-refractivity contribution >= 4 is 0 Å². The summed E-state index contributed by atoms with van der Waals surface area (Å²) in [4.78, 5) is 0. The van der Waals surface area contributed by atoms with E-state index < -0.39 is 30.2 Å². The second-order valence-electron chi connectivity index (χ2n) is 6.09. The number of ether oxygens (including phenoxy) is 3. The van der Waals surface area contributed by atoms with Gasteiger partial charge >= 0.3 is 6.11 Å².